The molecule has 26 heavy (non-hydrogen) atoms. The summed E-state index contributed by atoms with van der Waals surface area (Å²) in [5.74, 6) is 0.286. The van der Waals surface area contributed by atoms with E-state index in [4.69, 9.17) is 26.8 Å². The second kappa shape index (κ2) is 11.2. The molecule has 0 spiro atoms. The van der Waals surface area contributed by atoms with Crippen LogP contribution in [0.3, 0.4) is 0 Å². The molecular weight excluding hydrogens is 509 g/mol. The van der Waals surface area contributed by atoms with Crippen LogP contribution in [0, 0.1) is 6.42 Å². The molecule has 3 atom stereocenters. The van der Waals surface area contributed by atoms with Crippen molar-refractivity contribution >= 4 is 19.7 Å². The Labute approximate surface area is 168 Å². The smallest absolute Gasteiger partial charge is 0.341 e. The fourth-order valence-electron chi connectivity index (χ4n) is 2.26. The third-order valence-corrected chi connectivity index (χ3v) is 3.58. The van der Waals surface area contributed by atoms with E-state index in [1.165, 1.54) is 7.05 Å². The topological polar surface area (TPSA) is 83.1 Å². The molecule has 1 fully saturated rings. The van der Waals surface area contributed by atoms with Gasteiger partial charge in [0.25, 0.3) is 5.91 Å². The number of likely N-dealkylation sites (N-methyl/N-ethyl adjacent to an activating group) is 1. The van der Waals surface area contributed by atoms with E-state index in [0.29, 0.717) is 17.9 Å². The van der Waals surface area contributed by atoms with Crippen LogP contribution < -0.4 is 14.8 Å². The third-order valence-electron chi connectivity index (χ3n) is 3.58. The molecule has 1 unspecified atom stereocenters. The van der Waals surface area contributed by atoms with E-state index in [2.05, 4.69) is 5.32 Å². The average molecular weight is 530 g/mol. The van der Waals surface area contributed by atoms with Gasteiger partial charge in [0.05, 0.1) is 14.0 Å². The second-order valence-corrected chi connectivity index (χ2v) is 5.42. The summed E-state index contributed by atoms with van der Waals surface area (Å²) in [7, 11) is 7.20. The van der Waals surface area contributed by atoms with E-state index >= 15 is 0 Å². The SMILES string of the molecule is [B][C@H]1[CH-]C(OC(=O)COc2ccc(OCC(=O)NC)cc2)[C@@H](CC)O1.[W]. The van der Waals surface area contributed by atoms with Crippen LogP contribution in [0.2, 0.25) is 0 Å². The molecular formula is C17H21BNO6W-. The molecule has 1 aliphatic rings. The van der Waals surface area contributed by atoms with Crippen LogP contribution in [-0.2, 0) is 40.1 Å². The minimum atomic E-state index is -0.522. The van der Waals surface area contributed by atoms with Crippen LogP contribution in [0.15, 0.2) is 24.3 Å². The number of hydrogen-bond donors (Lipinski definition) is 1. The predicted octanol–water partition coefficient (Wildman–Crippen LogP) is 0.607. The molecule has 1 amide bonds. The normalized spacial score (nSPS) is 21.4. The molecule has 0 aromatic heterocycles. The molecule has 7 nitrogen and oxygen atoms in total. The number of amides is 1. The molecule has 1 aromatic rings. The largest absolute Gasteiger partial charge is 0.490 e. The molecule has 0 aliphatic carbocycles. The molecule has 1 N–H and O–H groups in total. The van der Waals surface area contributed by atoms with E-state index in [1.54, 1.807) is 30.7 Å². The van der Waals surface area contributed by atoms with Crippen molar-refractivity contribution in [2.75, 3.05) is 20.3 Å². The molecule has 2 radical (unpaired) electrons. The first kappa shape index (κ1) is 22.5. The third kappa shape index (κ3) is 7.00. The number of hydrogen-bond acceptors (Lipinski definition) is 6. The van der Waals surface area contributed by atoms with E-state index < -0.39 is 18.1 Å². The number of ether oxygens (including phenoxy) is 4. The fourth-order valence-corrected chi connectivity index (χ4v) is 2.26. The van der Waals surface area contributed by atoms with Crippen LogP contribution in [0.4, 0.5) is 0 Å². The Morgan fingerprint density at radius 2 is 1.77 bits per heavy atom. The summed E-state index contributed by atoms with van der Waals surface area (Å²) in [5.41, 5.74) is 0. The maximum Gasteiger partial charge on any atom is 0.341 e. The summed E-state index contributed by atoms with van der Waals surface area (Å²) in [6.45, 7) is 1.64. The van der Waals surface area contributed by atoms with Crippen molar-refractivity contribution in [2.24, 2.45) is 0 Å². The van der Waals surface area contributed by atoms with Crippen LogP contribution in [0.1, 0.15) is 13.3 Å². The first-order chi connectivity index (χ1) is 12.0. The van der Waals surface area contributed by atoms with Gasteiger partial charge < -0.3 is 24.3 Å². The Kier molecular flexibility index (Phi) is 9.73. The van der Waals surface area contributed by atoms with Crippen molar-refractivity contribution in [3.05, 3.63) is 30.7 Å². The summed E-state index contributed by atoms with van der Waals surface area (Å²) in [6.07, 6.45) is 1.66. The van der Waals surface area contributed by atoms with Gasteiger partial charge in [0.1, 0.15) is 11.5 Å². The predicted molar refractivity (Wildman–Crippen MR) is 90.4 cm³/mol. The van der Waals surface area contributed by atoms with Crippen LogP contribution >= 0.6 is 0 Å². The Morgan fingerprint density at radius 3 is 2.31 bits per heavy atom. The van der Waals surface area contributed by atoms with Crippen LogP contribution in [-0.4, -0.2) is 58.2 Å². The average Bonchev–Trinajstić information content (AvgIpc) is 2.98. The quantitative estimate of drug-likeness (QED) is 0.302. The van der Waals surface area contributed by atoms with E-state index in [1.807, 2.05) is 6.92 Å². The van der Waals surface area contributed by atoms with Crippen molar-refractivity contribution < 1.29 is 49.6 Å². The first-order valence-electron chi connectivity index (χ1n) is 8.03. The maximum atomic E-state index is 11.9. The molecule has 9 heteroatoms. The number of rotatable bonds is 8. The molecule has 1 heterocycles. The van der Waals surface area contributed by atoms with Gasteiger partial charge in [-0.25, -0.2) is 4.79 Å². The molecule has 140 valence electrons. The van der Waals surface area contributed by atoms with Gasteiger partial charge in [-0.1, -0.05) is 12.9 Å². The Morgan fingerprint density at radius 1 is 1.19 bits per heavy atom. The summed E-state index contributed by atoms with van der Waals surface area (Å²) >= 11 is 0. The number of carbonyl (C=O) groups is 2. The van der Waals surface area contributed by atoms with Crippen LogP contribution in [0.25, 0.3) is 0 Å². The van der Waals surface area contributed by atoms with Gasteiger partial charge in [0, 0.05) is 34.2 Å². The van der Waals surface area contributed by atoms with Crippen molar-refractivity contribution in [1.29, 1.82) is 0 Å². The molecule has 2 rings (SSSR count). The van der Waals surface area contributed by atoms with Gasteiger partial charge in [0.2, 0.25) is 0 Å². The molecule has 1 aliphatic heterocycles. The van der Waals surface area contributed by atoms with E-state index in [0.717, 1.165) is 0 Å². The molecule has 1 aromatic carbocycles. The minimum Gasteiger partial charge on any atom is -0.490 e. The Hall–Kier alpha value is -1.53. The number of nitrogens with one attached hydrogen (secondary N) is 1. The van der Waals surface area contributed by atoms with Crippen molar-refractivity contribution in [2.45, 2.75) is 31.6 Å². The van der Waals surface area contributed by atoms with Crippen molar-refractivity contribution in [3.8, 4) is 11.5 Å². The van der Waals surface area contributed by atoms with E-state index in [-0.39, 0.29) is 46.3 Å². The first-order valence-corrected chi connectivity index (χ1v) is 8.03. The summed E-state index contributed by atoms with van der Waals surface area (Å²) in [4.78, 5) is 23.0. The number of carbonyl (C=O) groups excluding carboxylic acids is 2. The zero-order chi connectivity index (χ0) is 18.2. The zero-order valence-corrected chi connectivity index (χ0v) is 17.6. The molecule has 0 bridgehead atoms. The number of esters is 1. The summed E-state index contributed by atoms with van der Waals surface area (Å²) in [5, 5.41) is 2.46. The number of benzene rings is 1. The standard InChI is InChI=1S/C17H21BNO6.W/c1-3-13-14(8-15(18)24-13)25-17(21)10-23-12-6-4-11(5-7-12)22-9-16(20)19-2;/h4-8,13-15H,3,9-10H2,1-2H3,(H,19,20);/q-1;/t13-,14?,15-;/m1./s1. The summed E-state index contributed by atoms with van der Waals surface area (Å²) in [6, 6.07) is 6.05. The molecule has 1 saturated heterocycles. The van der Waals surface area contributed by atoms with Gasteiger partial charge in [0.15, 0.2) is 13.2 Å². The van der Waals surface area contributed by atoms with E-state index in [9.17, 15) is 9.59 Å². The van der Waals surface area contributed by atoms with Crippen LogP contribution in [0.5, 0.6) is 11.5 Å². The van der Waals surface area contributed by atoms with Crippen molar-refractivity contribution in [3.63, 3.8) is 0 Å². The van der Waals surface area contributed by atoms with Gasteiger partial charge in [-0.05, 0) is 30.7 Å². The summed E-state index contributed by atoms with van der Waals surface area (Å²) < 4.78 is 21.4. The van der Waals surface area contributed by atoms with Gasteiger partial charge in [-0.15, -0.1) is 0 Å². The Bertz CT molecular complexity index is 585. The fraction of sp³-hybridized carbons (Fsp3) is 0.471. The van der Waals surface area contributed by atoms with Gasteiger partial charge in [-0.2, -0.15) is 0 Å². The van der Waals surface area contributed by atoms with Gasteiger partial charge >= 0.3 is 5.97 Å². The minimum absolute atomic E-state index is 0. The van der Waals surface area contributed by atoms with Gasteiger partial charge in [-0.3, -0.25) is 11.2 Å². The van der Waals surface area contributed by atoms with Crippen molar-refractivity contribution in [1.82, 2.24) is 5.32 Å². The zero-order valence-electron chi connectivity index (χ0n) is 14.7. The molecule has 0 saturated carbocycles. The second-order valence-electron chi connectivity index (χ2n) is 5.42. The maximum absolute atomic E-state index is 11.9. The monoisotopic (exact) mass is 530 g/mol. The Balaban J connectivity index is 0.00000338.